The van der Waals surface area contributed by atoms with Crippen LogP contribution in [0, 0.1) is 0 Å². The topological polar surface area (TPSA) is 77.2 Å². The van der Waals surface area contributed by atoms with Gasteiger partial charge in [-0.3, -0.25) is 10.1 Å². The van der Waals surface area contributed by atoms with Crippen molar-refractivity contribution >= 4 is 23.5 Å². The molecule has 0 bridgehead atoms. The molecule has 0 spiro atoms. The lowest BCUT2D eigenvalue weighted by atomic mass is 10.2. The van der Waals surface area contributed by atoms with E-state index in [0.29, 0.717) is 22.8 Å². The van der Waals surface area contributed by atoms with Crippen LogP contribution in [0.1, 0.15) is 36.5 Å². The van der Waals surface area contributed by atoms with Crippen molar-refractivity contribution in [1.82, 2.24) is 10.2 Å². The Hall–Kier alpha value is -2.86. The molecule has 0 saturated carbocycles. The summed E-state index contributed by atoms with van der Waals surface area (Å²) in [7, 11) is 0. The Morgan fingerprint density at radius 2 is 1.89 bits per heavy atom. The number of ether oxygens (including phenoxy) is 1. The third-order valence-electron chi connectivity index (χ3n) is 3.88. The highest BCUT2D eigenvalue weighted by atomic mass is 35.5. The molecule has 3 rings (SSSR count). The average molecular weight is 386 g/mol. The summed E-state index contributed by atoms with van der Waals surface area (Å²) >= 11 is 6.11. The van der Waals surface area contributed by atoms with Crippen LogP contribution in [-0.4, -0.2) is 22.7 Å². The van der Waals surface area contributed by atoms with Crippen molar-refractivity contribution in [3.05, 3.63) is 59.1 Å². The van der Waals surface area contributed by atoms with Crippen molar-refractivity contribution in [3.8, 4) is 17.2 Å². The summed E-state index contributed by atoms with van der Waals surface area (Å²) in [4.78, 5) is 12.3. The van der Waals surface area contributed by atoms with Crippen LogP contribution in [0.25, 0.3) is 11.5 Å². The monoisotopic (exact) mass is 385 g/mol. The van der Waals surface area contributed by atoms with E-state index in [1.165, 1.54) is 0 Å². The largest absolute Gasteiger partial charge is 0.494 e. The Balaban J connectivity index is 1.60. The minimum atomic E-state index is -0.345. The van der Waals surface area contributed by atoms with E-state index in [4.69, 9.17) is 20.8 Å². The first-order chi connectivity index (χ1) is 13.2. The van der Waals surface area contributed by atoms with Crippen molar-refractivity contribution in [2.24, 2.45) is 0 Å². The standard InChI is InChI=1S/C20H20ClN3O3/c1-2-3-6-13-26-15-11-9-14(10-12-15)18(25)22-20-24-23-19(27-20)16-7-4-5-8-17(16)21/h4-5,7-12H,2-3,6,13H2,1H3,(H,22,24,25). The van der Waals surface area contributed by atoms with Crippen molar-refractivity contribution in [2.45, 2.75) is 26.2 Å². The molecule has 0 fully saturated rings. The molecule has 0 unspecified atom stereocenters. The molecule has 2 aromatic carbocycles. The molecular weight excluding hydrogens is 366 g/mol. The highest BCUT2D eigenvalue weighted by Gasteiger charge is 2.14. The van der Waals surface area contributed by atoms with Crippen LogP contribution in [0.5, 0.6) is 5.75 Å². The van der Waals surface area contributed by atoms with E-state index in [1.54, 1.807) is 36.4 Å². The quantitative estimate of drug-likeness (QED) is 0.538. The van der Waals surface area contributed by atoms with E-state index in [-0.39, 0.29) is 17.8 Å². The summed E-state index contributed by atoms with van der Waals surface area (Å²) in [6, 6.07) is 14.0. The number of hydrogen-bond acceptors (Lipinski definition) is 5. The Kier molecular flexibility index (Phi) is 6.44. The van der Waals surface area contributed by atoms with Crippen molar-refractivity contribution in [1.29, 1.82) is 0 Å². The summed E-state index contributed by atoms with van der Waals surface area (Å²) in [5.41, 5.74) is 1.07. The molecule has 0 radical (unpaired) electrons. The second-order valence-corrected chi connectivity index (χ2v) is 6.33. The maximum atomic E-state index is 12.3. The molecule has 1 amide bonds. The van der Waals surface area contributed by atoms with Crippen molar-refractivity contribution < 1.29 is 13.9 Å². The van der Waals surface area contributed by atoms with Gasteiger partial charge in [0.2, 0.25) is 0 Å². The number of halogens is 1. The molecule has 0 atom stereocenters. The van der Waals surface area contributed by atoms with Gasteiger partial charge in [0, 0.05) is 5.56 Å². The number of benzene rings is 2. The number of amides is 1. The lowest BCUT2D eigenvalue weighted by Crippen LogP contribution is -2.12. The van der Waals surface area contributed by atoms with E-state index in [9.17, 15) is 4.79 Å². The minimum Gasteiger partial charge on any atom is -0.494 e. The third kappa shape index (κ3) is 5.08. The van der Waals surface area contributed by atoms with Gasteiger partial charge in [-0.25, -0.2) is 0 Å². The number of hydrogen-bond donors (Lipinski definition) is 1. The fourth-order valence-corrected chi connectivity index (χ4v) is 2.65. The number of carbonyl (C=O) groups excluding carboxylic acids is 1. The summed E-state index contributed by atoms with van der Waals surface area (Å²) in [6.07, 6.45) is 3.31. The van der Waals surface area contributed by atoms with Gasteiger partial charge in [0.1, 0.15) is 5.75 Å². The number of aromatic nitrogens is 2. The van der Waals surface area contributed by atoms with Gasteiger partial charge in [0.15, 0.2) is 0 Å². The van der Waals surface area contributed by atoms with Gasteiger partial charge >= 0.3 is 6.01 Å². The van der Waals surface area contributed by atoms with Crippen LogP contribution in [0.4, 0.5) is 6.01 Å². The molecule has 0 saturated heterocycles. The van der Waals surface area contributed by atoms with Crippen LogP contribution >= 0.6 is 11.6 Å². The predicted molar refractivity (Wildman–Crippen MR) is 104 cm³/mol. The summed E-state index contributed by atoms with van der Waals surface area (Å²) in [5, 5.41) is 10.8. The lowest BCUT2D eigenvalue weighted by molar-refractivity contribution is 0.102. The van der Waals surface area contributed by atoms with Gasteiger partial charge in [-0.1, -0.05) is 48.6 Å². The first-order valence-electron chi connectivity index (χ1n) is 8.80. The maximum Gasteiger partial charge on any atom is 0.322 e. The highest BCUT2D eigenvalue weighted by Crippen LogP contribution is 2.27. The predicted octanol–water partition coefficient (Wildman–Crippen LogP) is 5.21. The molecule has 0 aliphatic carbocycles. The molecule has 27 heavy (non-hydrogen) atoms. The van der Waals surface area contributed by atoms with Gasteiger partial charge < -0.3 is 9.15 Å². The van der Waals surface area contributed by atoms with E-state index >= 15 is 0 Å². The van der Waals surface area contributed by atoms with Gasteiger partial charge in [0.25, 0.3) is 11.8 Å². The maximum absolute atomic E-state index is 12.3. The molecule has 1 heterocycles. The Labute approximate surface area is 162 Å². The second kappa shape index (κ2) is 9.19. The van der Waals surface area contributed by atoms with Crippen LogP contribution in [0.2, 0.25) is 5.02 Å². The molecule has 3 aromatic rings. The number of nitrogens with one attached hydrogen (secondary N) is 1. The van der Waals surface area contributed by atoms with Gasteiger partial charge in [-0.2, -0.15) is 0 Å². The normalized spacial score (nSPS) is 10.6. The smallest absolute Gasteiger partial charge is 0.322 e. The zero-order chi connectivity index (χ0) is 19.1. The van der Waals surface area contributed by atoms with Crippen LogP contribution in [-0.2, 0) is 0 Å². The fourth-order valence-electron chi connectivity index (χ4n) is 2.43. The first-order valence-corrected chi connectivity index (χ1v) is 9.18. The minimum absolute atomic E-state index is 0.00909. The summed E-state index contributed by atoms with van der Waals surface area (Å²) in [5.74, 6) is 0.634. The SMILES string of the molecule is CCCCCOc1ccc(C(=O)Nc2nnc(-c3ccccc3Cl)o2)cc1. The van der Waals surface area contributed by atoms with Crippen molar-refractivity contribution in [2.75, 3.05) is 11.9 Å². The number of rotatable bonds is 8. The number of anilines is 1. The number of unbranched alkanes of at least 4 members (excludes halogenated alkanes) is 2. The van der Waals surface area contributed by atoms with Gasteiger partial charge in [-0.05, 0) is 42.8 Å². The summed E-state index contributed by atoms with van der Waals surface area (Å²) in [6.45, 7) is 2.82. The van der Waals surface area contributed by atoms with Crippen LogP contribution in [0.15, 0.2) is 52.9 Å². The second-order valence-electron chi connectivity index (χ2n) is 5.93. The lowest BCUT2D eigenvalue weighted by Gasteiger charge is -2.06. The highest BCUT2D eigenvalue weighted by molar-refractivity contribution is 6.33. The van der Waals surface area contributed by atoms with Gasteiger partial charge in [-0.15, -0.1) is 5.10 Å². The molecule has 140 valence electrons. The van der Waals surface area contributed by atoms with E-state index < -0.39 is 0 Å². The third-order valence-corrected chi connectivity index (χ3v) is 4.21. The van der Waals surface area contributed by atoms with E-state index in [0.717, 1.165) is 25.0 Å². The molecule has 0 aliphatic rings. The fraction of sp³-hybridized carbons (Fsp3) is 0.250. The Bertz CT molecular complexity index is 893. The molecular formula is C20H20ClN3O3. The van der Waals surface area contributed by atoms with E-state index in [2.05, 4.69) is 22.4 Å². The van der Waals surface area contributed by atoms with E-state index in [1.807, 2.05) is 12.1 Å². The molecule has 6 nitrogen and oxygen atoms in total. The summed E-state index contributed by atoms with van der Waals surface area (Å²) < 4.78 is 11.1. The zero-order valence-corrected chi connectivity index (χ0v) is 15.7. The number of carbonyl (C=O) groups is 1. The first kappa shape index (κ1) is 18.9. The zero-order valence-electron chi connectivity index (χ0n) is 14.9. The number of nitrogens with zero attached hydrogens (tertiary/aromatic N) is 2. The molecule has 7 heteroatoms. The molecule has 0 aliphatic heterocycles. The van der Waals surface area contributed by atoms with Gasteiger partial charge in [0.05, 0.1) is 17.2 Å². The van der Waals surface area contributed by atoms with Crippen LogP contribution < -0.4 is 10.1 Å². The Morgan fingerprint density at radius 3 is 2.63 bits per heavy atom. The Morgan fingerprint density at radius 1 is 1.11 bits per heavy atom. The molecule has 1 N–H and O–H groups in total. The van der Waals surface area contributed by atoms with Crippen molar-refractivity contribution in [3.63, 3.8) is 0 Å². The van der Waals surface area contributed by atoms with Crippen LogP contribution in [0.3, 0.4) is 0 Å². The average Bonchev–Trinajstić information content (AvgIpc) is 3.14. The molecule has 1 aromatic heterocycles.